The Balaban J connectivity index is 2.62. The third-order valence-electron chi connectivity index (χ3n) is 2.97. The molecule has 0 bridgehead atoms. The summed E-state index contributed by atoms with van der Waals surface area (Å²) in [4.78, 5) is 23.5. The standard InChI is InChI=1S/C10H16F2N2O3/c1-14(6-7(11)12)9(17)13-10(8(15)16)4-2-3-5-10/h7H,2-6H2,1H3,(H,13,17)(H,15,16). The van der Waals surface area contributed by atoms with Gasteiger partial charge in [0.05, 0.1) is 6.54 Å². The Morgan fingerprint density at radius 3 is 2.35 bits per heavy atom. The van der Waals surface area contributed by atoms with Gasteiger partial charge in [-0.05, 0) is 12.8 Å². The SMILES string of the molecule is CN(CC(F)F)C(=O)NC1(C(=O)O)CCCC1. The van der Waals surface area contributed by atoms with Crippen molar-refractivity contribution in [2.75, 3.05) is 13.6 Å². The Kier molecular flexibility index (Phi) is 4.25. The van der Waals surface area contributed by atoms with E-state index in [-0.39, 0.29) is 0 Å². The van der Waals surface area contributed by atoms with Crippen molar-refractivity contribution in [3.8, 4) is 0 Å². The first-order chi connectivity index (χ1) is 7.87. The molecule has 0 spiro atoms. The zero-order chi connectivity index (χ0) is 13.1. The van der Waals surface area contributed by atoms with Gasteiger partial charge in [-0.1, -0.05) is 12.8 Å². The van der Waals surface area contributed by atoms with Crippen LogP contribution in [0.3, 0.4) is 0 Å². The second-order valence-electron chi connectivity index (χ2n) is 4.30. The molecule has 1 saturated carbocycles. The van der Waals surface area contributed by atoms with Gasteiger partial charge >= 0.3 is 12.0 Å². The molecule has 0 radical (unpaired) electrons. The van der Waals surface area contributed by atoms with E-state index in [1.807, 2.05) is 0 Å². The summed E-state index contributed by atoms with van der Waals surface area (Å²) >= 11 is 0. The highest BCUT2D eigenvalue weighted by molar-refractivity contribution is 5.86. The van der Waals surface area contributed by atoms with Gasteiger partial charge in [-0.15, -0.1) is 0 Å². The number of rotatable bonds is 4. The molecular formula is C10H16F2N2O3. The van der Waals surface area contributed by atoms with Crippen LogP contribution in [0, 0.1) is 0 Å². The first-order valence-electron chi connectivity index (χ1n) is 5.42. The van der Waals surface area contributed by atoms with E-state index in [4.69, 9.17) is 5.11 Å². The lowest BCUT2D eigenvalue weighted by molar-refractivity contribution is -0.144. The third-order valence-corrected chi connectivity index (χ3v) is 2.97. The number of hydrogen-bond donors (Lipinski definition) is 2. The molecule has 98 valence electrons. The van der Waals surface area contributed by atoms with Crippen molar-refractivity contribution in [2.24, 2.45) is 0 Å². The van der Waals surface area contributed by atoms with Gasteiger partial charge in [0, 0.05) is 7.05 Å². The Labute approximate surface area is 97.8 Å². The van der Waals surface area contributed by atoms with Crippen molar-refractivity contribution >= 4 is 12.0 Å². The molecular weight excluding hydrogens is 234 g/mol. The van der Waals surface area contributed by atoms with Crippen molar-refractivity contribution in [3.63, 3.8) is 0 Å². The summed E-state index contributed by atoms with van der Waals surface area (Å²) in [7, 11) is 1.21. The minimum Gasteiger partial charge on any atom is -0.480 e. The first kappa shape index (κ1) is 13.7. The lowest BCUT2D eigenvalue weighted by Gasteiger charge is -2.28. The second kappa shape index (κ2) is 5.29. The van der Waals surface area contributed by atoms with E-state index in [1.165, 1.54) is 7.05 Å². The van der Waals surface area contributed by atoms with Crippen LogP contribution in [0.15, 0.2) is 0 Å². The van der Waals surface area contributed by atoms with Crippen LogP contribution in [0.25, 0.3) is 0 Å². The van der Waals surface area contributed by atoms with E-state index in [0.717, 1.165) is 4.90 Å². The Bertz CT molecular complexity index is 304. The van der Waals surface area contributed by atoms with Crippen LogP contribution in [0.5, 0.6) is 0 Å². The number of nitrogens with one attached hydrogen (secondary N) is 1. The fourth-order valence-corrected chi connectivity index (χ4v) is 1.96. The van der Waals surface area contributed by atoms with E-state index >= 15 is 0 Å². The van der Waals surface area contributed by atoms with Gasteiger partial charge in [-0.3, -0.25) is 0 Å². The van der Waals surface area contributed by atoms with Crippen LogP contribution in [-0.2, 0) is 4.79 Å². The Hall–Kier alpha value is -1.40. The lowest BCUT2D eigenvalue weighted by Crippen LogP contribution is -2.56. The monoisotopic (exact) mass is 250 g/mol. The molecule has 5 nitrogen and oxygen atoms in total. The van der Waals surface area contributed by atoms with Crippen LogP contribution in [0.4, 0.5) is 13.6 Å². The highest BCUT2D eigenvalue weighted by Gasteiger charge is 2.43. The topological polar surface area (TPSA) is 69.6 Å². The van der Waals surface area contributed by atoms with Gasteiger partial charge in [0.25, 0.3) is 6.43 Å². The zero-order valence-corrected chi connectivity index (χ0v) is 9.58. The van der Waals surface area contributed by atoms with Crippen molar-refractivity contribution in [1.29, 1.82) is 0 Å². The largest absolute Gasteiger partial charge is 0.480 e. The number of carbonyl (C=O) groups is 2. The summed E-state index contributed by atoms with van der Waals surface area (Å²) in [5.41, 5.74) is -1.28. The quantitative estimate of drug-likeness (QED) is 0.789. The van der Waals surface area contributed by atoms with Crippen LogP contribution in [0.2, 0.25) is 0 Å². The minimum atomic E-state index is -2.63. The van der Waals surface area contributed by atoms with Crippen molar-refractivity contribution in [2.45, 2.75) is 37.6 Å². The third kappa shape index (κ3) is 3.28. The van der Waals surface area contributed by atoms with Gasteiger partial charge in [0.15, 0.2) is 0 Å². The van der Waals surface area contributed by atoms with Crippen LogP contribution in [0.1, 0.15) is 25.7 Å². The average molecular weight is 250 g/mol. The number of hydrogen-bond acceptors (Lipinski definition) is 2. The van der Waals surface area contributed by atoms with Crippen molar-refractivity contribution in [1.82, 2.24) is 10.2 Å². The summed E-state index contributed by atoms with van der Waals surface area (Å²) in [5.74, 6) is -1.10. The summed E-state index contributed by atoms with van der Waals surface area (Å²) < 4.78 is 24.2. The zero-order valence-electron chi connectivity index (χ0n) is 9.58. The molecule has 2 N–H and O–H groups in total. The molecule has 0 heterocycles. The van der Waals surface area contributed by atoms with Crippen molar-refractivity contribution < 1.29 is 23.5 Å². The van der Waals surface area contributed by atoms with Crippen LogP contribution < -0.4 is 5.32 Å². The summed E-state index contributed by atoms with van der Waals surface area (Å²) in [6, 6.07) is -0.769. The molecule has 1 aliphatic carbocycles. The molecule has 1 aliphatic rings. The molecule has 0 aromatic heterocycles. The van der Waals surface area contributed by atoms with Gasteiger partial charge in [0.1, 0.15) is 5.54 Å². The predicted octanol–water partition coefficient (Wildman–Crippen LogP) is 1.29. The maximum Gasteiger partial charge on any atom is 0.329 e. The molecule has 0 saturated heterocycles. The fourth-order valence-electron chi connectivity index (χ4n) is 1.96. The number of aliphatic carboxylic acids is 1. The minimum absolute atomic E-state index is 0.344. The number of carboxylic acids is 1. The van der Waals surface area contributed by atoms with E-state index in [9.17, 15) is 18.4 Å². The Morgan fingerprint density at radius 2 is 1.94 bits per heavy atom. The molecule has 1 fully saturated rings. The number of halogens is 2. The van der Waals surface area contributed by atoms with Gasteiger partial charge < -0.3 is 15.3 Å². The Morgan fingerprint density at radius 1 is 1.41 bits per heavy atom. The summed E-state index contributed by atoms with van der Waals surface area (Å²) in [6.07, 6.45) is -0.515. The molecule has 0 aromatic carbocycles. The molecule has 7 heteroatoms. The molecule has 0 atom stereocenters. The molecule has 17 heavy (non-hydrogen) atoms. The molecule has 0 aliphatic heterocycles. The smallest absolute Gasteiger partial charge is 0.329 e. The van der Waals surface area contributed by atoms with E-state index in [2.05, 4.69) is 5.32 Å². The van der Waals surface area contributed by atoms with Crippen LogP contribution in [-0.4, -0.2) is 47.6 Å². The van der Waals surface area contributed by atoms with E-state index < -0.39 is 30.5 Å². The number of alkyl halides is 2. The number of urea groups is 1. The van der Waals surface area contributed by atoms with E-state index in [0.29, 0.717) is 25.7 Å². The highest BCUT2D eigenvalue weighted by atomic mass is 19.3. The number of amides is 2. The van der Waals surface area contributed by atoms with Crippen LogP contribution >= 0.6 is 0 Å². The first-order valence-corrected chi connectivity index (χ1v) is 5.42. The highest BCUT2D eigenvalue weighted by Crippen LogP contribution is 2.30. The molecule has 0 aromatic rings. The average Bonchev–Trinajstić information content (AvgIpc) is 2.66. The summed E-state index contributed by atoms with van der Waals surface area (Å²) in [5, 5.41) is 11.4. The maximum atomic E-state index is 12.1. The van der Waals surface area contributed by atoms with Gasteiger partial charge in [-0.25, -0.2) is 18.4 Å². The van der Waals surface area contributed by atoms with E-state index in [1.54, 1.807) is 0 Å². The van der Waals surface area contributed by atoms with Gasteiger partial charge in [0.2, 0.25) is 0 Å². The molecule has 0 unspecified atom stereocenters. The normalized spacial score (nSPS) is 18.1. The molecule has 2 amide bonds. The fraction of sp³-hybridized carbons (Fsp3) is 0.800. The van der Waals surface area contributed by atoms with Gasteiger partial charge in [-0.2, -0.15) is 0 Å². The maximum absolute atomic E-state index is 12.1. The number of carboxylic acid groups (broad SMARTS) is 1. The number of carbonyl (C=O) groups excluding carboxylic acids is 1. The molecule has 1 rings (SSSR count). The lowest BCUT2D eigenvalue weighted by atomic mass is 9.98. The van der Waals surface area contributed by atoms with Crippen molar-refractivity contribution in [3.05, 3.63) is 0 Å². The number of nitrogens with zero attached hydrogens (tertiary/aromatic N) is 1. The summed E-state index contributed by atoms with van der Waals surface area (Å²) in [6.45, 7) is -0.707. The predicted molar refractivity (Wildman–Crippen MR) is 56.0 cm³/mol. The second-order valence-corrected chi connectivity index (χ2v) is 4.30.